The first-order valence-corrected chi connectivity index (χ1v) is 8.38. The Bertz CT molecular complexity index is 233. The number of hydrogen-bond acceptors (Lipinski definition) is 5. The zero-order valence-corrected chi connectivity index (χ0v) is 10.6. The third kappa shape index (κ3) is 7.09. The molecule has 88 valence electrons. The van der Waals surface area contributed by atoms with Crippen LogP contribution in [0.15, 0.2) is 0 Å². The van der Waals surface area contributed by atoms with E-state index < -0.39 is 26.1 Å². The Morgan fingerprint density at radius 2 is 1.87 bits per heavy atom. The van der Waals surface area contributed by atoms with Gasteiger partial charge in [0.05, 0.1) is 27.8 Å². The second kappa shape index (κ2) is 5.87. The highest BCUT2D eigenvalue weighted by Crippen LogP contribution is 2.03. The summed E-state index contributed by atoms with van der Waals surface area (Å²) in [6.45, 7) is 6.16. The molecule has 1 unspecified atom stereocenters. The topological polar surface area (TPSA) is 72.8 Å². The summed E-state index contributed by atoms with van der Waals surface area (Å²) in [6.07, 6.45) is -1.39. The molecule has 0 aromatic rings. The molecule has 1 N–H and O–H groups in total. The lowest BCUT2D eigenvalue weighted by Crippen LogP contribution is -2.32. The fourth-order valence-electron chi connectivity index (χ4n) is 0.733. The van der Waals surface area contributed by atoms with Gasteiger partial charge in [-0.15, -0.1) is 0 Å². The number of aliphatic hydroxyl groups excluding tert-OH is 1. The van der Waals surface area contributed by atoms with Crippen LogP contribution >= 0.6 is 0 Å². The maximum atomic E-state index is 11.2. The zero-order valence-electron chi connectivity index (χ0n) is 9.57. The first-order valence-electron chi connectivity index (χ1n) is 4.68. The summed E-state index contributed by atoms with van der Waals surface area (Å²) < 4.78 is 9.20. The standard InChI is InChI=1S/C9H18O5Si/c1-13-9(12)7(10)5-8(11)14-6-15(2,3)4/h7,10H,5-6H2,1-4H3. The van der Waals surface area contributed by atoms with Gasteiger partial charge in [0.15, 0.2) is 6.10 Å². The van der Waals surface area contributed by atoms with Crippen molar-refractivity contribution >= 4 is 20.0 Å². The molecule has 0 aliphatic carbocycles. The largest absolute Gasteiger partial charge is 0.469 e. The van der Waals surface area contributed by atoms with E-state index in [1.807, 2.05) is 0 Å². The van der Waals surface area contributed by atoms with Crippen molar-refractivity contribution in [1.82, 2.24) is 0 Å². The highest BCUT2D eigenvalue weighted by molar-refractivity contribution is 6.76. The summed E-state index contributed by atoms with van der Waals surface area (Å²) >= 11 is 0. The molecule has 0 fully saturated rings. The van der Waals surface area contributed by atoms with Gasteiger partial charge in [0, 0.05) is 0 Å². The van der Waals surface area contributed by atoms with Crippen molar-refractivity contribution in [3.8, 4) is 0 Å². The Balaban J connectivity index is 3.89. The Morgan fingerprint density at radius 3 is 2.27 bits per heavy atom. The van der Waals surface area contributed by atoms with Gasteiger partial charge in [-0.2, -0.15) is 0 Å². The molecule has 0 bridgehead atoms. The minimum Gasteiger partial charge on any atom is -0.469 e. The van der Waals surface area contributed by atoms with Crippen LogP contribution in [-0.2, 0) is 19.1 Å². The molecular formula is C9H18O5Si. The number of hydrogen-bond donors (Lipinski definition) is 1. The average Bonchev–Trinajstić information content (AvgIpc) is 2.12. The van der Waals surface area contributed by atoms with Crippen LogP contribution in [0.5, 0.6) is 0 Å². The number of methoxy groups -OCH3 is 1. The molecule has 0 amide bonds. The van der Waals surface area contributed by atoms with Crippen molar-refractivity contribution in [2.24, 2.45) is 0 Å². The summed E-state index contributed by atoms with van der Waals surface area (Å²) in [7, 11) is -0.296. The Hall–Kier alpha value is -0.883. The first kappa shape index (κ1) is 14.1. The second-order valence-corrected chi connectivity index (χ2v) is 9.87. The average molecular weight is 234 g/mol. The van der Waals surface area contributed by atoms with E-state index in [9.17, 15) is 9.59 Å². The van der Waals surface area contributed by atoms with Crippen LogP contribution in [0, 0.1) is 0 Å². The van der Waals surface area contributed by atoms with E-state index in [1.54, 1.807) is 0 Å². The molecule has 5 nitrogen and oxygen atoms in total. The van der Waals surface area contributed by atoms with Crippen LogP contribution in [0.2, 0.25) is 19.6 Å². The zero-order chi connectivity index (χ0) is 12.1. The predicted octanol–water partition coefficient (Wildman–Crippen LogP) is 0.331. The number of rotatable bonds is 5. The van der Waals surface area contributed by atoms with Gasteiger partial charge in [0.25, 0.3) is 0 Å². The lowest BCUT2D eigenvalue weighted by molar-refractivity contribution is -0.157. The molecule has 0 saturated carbocycles. The van der Waals surface area contributed by atoms with E-state index in [0.29, 0.717) is 6.23 Å². The van der Waals surface area contributed by atoms with E-state index >= 15 is 0 Å². The fraction of sp³-hybridized carbons (Fsp3) is 0.778. The maximum absolute atomic E-state index is 11.2. The summed E-state index contributed by atoms with van der Waals surface area (Å²) in [5.74, 6) is -1.39. The highest BCUT2D eigenvalue weighted by Gasteiger charge is 2.22. The van der Waals surface area contributed by atoms with Crippen LogP contribution in [-0.4, -0.2) is 44.6 Å². The molecule has 0 radical (unpaired) electrons. The van der Waals surface area contributed by atoms with Crippen LogP contribution in [0.25, 0.3) is 0 Å². The quantitative estimate of drug-likeness (QED) is 0.548. The fourth-order valence-corrected chi connectivity index (χ4v) is 1.33. The van der Waals surface area contributed by atoms with Gasteiger partial charge in [0.1, 0.15) is 0 Å². The van der Waals surface area contributed by atoms with Gasteiger partial charge in [-0.05, 0) is 0 Å². The normalized spacial score (nSPS) is 13.1. The summed E-state index contributed by atoms with van der Waals surface area (Å²) in [6, 6.07) is 0. The monoisotopic (exact) mass is 234 g/mol. The highest BCUT2D eigenvalue weighted by atomic mass is 28.3. The molecule has 1 atom stereocenters. The summed E-state index contributed by atoms with van der Waals surface area (Å²) in [4.78, 5) is 21.9. The molecule has 0 aliphatic rings. The molecule has 0 heterocycles. The van der Waals surface area contributed by atoms with Gasteiger partial charge in [-0.3, -0.25) is 4.79 Å². The lowest BCUT2D eigenvalue weighted by atomic mass is 10.2. The number of ether oxygens (including phenoxy) is 2. The van der Waals surface area contributed by atoms with E-state index in [4.69, 9.17) is 9.84 Å². The Morgan fingerprint density at radius 1 is 1.33 bits per heavy atom. The lowest BCUT2D eigenvalue weighted by Gasteiger charge is -2.16. The Kier molecular flexibility index (Phi) is 5.52. The van der Waals surface area contributed by atoms with E-state index in [0.717, 1.165) is 7.11 Å². The number of esters is 2. The Labute approximate surface area is 90.4 Å². The van der Waals surface area contributed by atoms with Gasteiger partial charge >= 0.3 is 11.9 Å². The van der Waals surface area contributed by atoms with Gasteiger partial charge in [0.2, 0.25) is 0 Å². The minimum absolute atomic E-state index is 0.350. The number of carbonyl (C=O) groups excluding carboxylic acids is 2. The van der Waals surface area contributed by atoms with E-state index in [2.05, 4.69) is 24.4 Å². The van der Waals surface area contributed by atoms with Crippen molar-refractivity contribution in [3.05, 3.63) is 0 Å². The minimum atomic E-state index is -1.45. The van der Waals surface area contributed by atoms with Crippen LogP contribution in [0.3, 0.4) is 0 Å². The molecule has 0 aliphatic heterocycles. The van der Waals surface area contributed by atoms with Crippen LogP contribution in [0.1, 0.15) is 6.42 Å². The third-order valence-corrected chi connectivity index (χ3v) is 2.51. The van der Waals surface area contributed by atoms with Crippen LogP contribution in [0.4, 0.5) is 0 Å². The van der Waals surface area contributed by atoms with Gasteiger partial charge < -0.3 is 14.6 Å². The number of aliphatic hydroxyl groups is 1. The molecule has 0 spiro atoms. The molecule has 0 rings (SSSR count). The van der Waals surface area contributed by atoms with Crippen molar-refractivity contribution in [2.45, 2.75) is 32.2 Å². The van der Waals surface area contributed by atoms with Crippen molar-refractivity contribution in [3.63, 3.8) is 0 Å². The maximum Gasteiger partial charge on any atom is 0.335 e. The second-order valence-electron chi connectivity index (χ2n) is 4.46. The van der Waals surface area contributed by atoms with Gasteiger partial charge in [-0.1, -0.05) is 19.6 Å². The van der Waals surface area contributed by atoms with E-state index in [-0.39, 0.29) is 6.42 Å². The molecule has 15 heavy (non-hydrogen) atoms. The molecule has 6 heteroatoms. The van der Waals surface area contributed by atoms with Crippen molar-refractivity contribution in [2.75, 3.05) is 13.3 Å². The molecule has 0 saturated heterocycles. The van der Waals surface area contributed by atoms with E-state index in [1.165, 1.54) is 0 Å². The third-order valence-electron chi connectivity index (χ3n) is 1.50. The van der Waals surface area contributed by atoms with Gasteiger partial charge in [-0.25, -0.2) is 4.79 Å². The van der Waals surface area contributed by atoms with Crippen LogP contribution < -0.4 is 0 Å². The predicted molar refractivity (Wildman–Crippen MR) is 56.9 cm³/mol. The number of carbonyl (C=O) groups is 2. The van der Waals surface area contributed by atoms with Crippen molar-refractivity contribution < 1.29 is 24.2 Å². The summed E-state index contributed by atoms with van der Waals surface area (Å²) in [5.41, 5.74) is 0. The first-order chi connectivity index (χ1) is 6.76. The molecule has 0 aromatic heterocycles. The SMILES string of the molecule is COC(=O)C(O)CC(=O)OC[Si](C)(C)C. The smallest absolute Gasteiger partial charge is 0.335 e. The van der Waals surface area contributed by atoms with Crippen molar-refractivity contribution in [1.29, 1.82) is 0 Å². The molecule has 0 aromatic carbocycles. The summed E-state index contributed by atoms with van der Waals surface area (Å²) in [5, 5.41) is 9.15. The molecular weight excluding hydrogens is 216 g/mol.